The number of hydrogen-bond acceptors (Lipinski definition) is 6. The predicted molar refractivity (Wildman–Crippen MR) is 121 cm³/mol. The smallest absolute Gasteiger partial charge is 0.328 e. The molecule has 184 valence electrons. The third-order valence-electron chi connectivity index (χ3n) is 8.45. The number of carbonyl (C=O) groups excluding carboxylic acids is 3. The first-order chi connectivity index (χ1) is 16.3. The van der Waals surface area contributed by atoms with Gasteiger partial charge in [-0.25, -0.2) is 10.3 Å². The number of benzene rings is 1. The Hall–Kier alpha value is -2.81. The van der Waals surface area contributed by atoms with Crippen LogP contribution in [0.15, 0.2) is 18.2 Å². The molecule has 1 saturated heterocycles. The van der Waals surface area contributed by atoms with Gasteiger partial charge in [-0.3, -0.25) is 19.7 Å². The fraction of sp³-hybridized carbons (Fsp3) is 0.640. The first-order valence-electron chi connectivity index (χ1n) is 12.3. The number of hydrogen-bond donors (Lipinski definition) is 3. The lowest BCUT2D eigenvalue weighted by molar-refractivity contribution is -0.141. The fourth-order valence-corrected chi connectivity index (χ4v) is 7.43. The summed E-state index contributed by atoms with van der Waals surface area (Å²) in [6.07, 6.45) is 6.99. The number of aromatic hydroxyl groups is 1. The maximum atomic E-state index is 13.9. The molecule has 1 aromatic rings. The van der Waals surface area contributed by atoms with Crippen molar-refractivity contribution in [1.82, 2.24) is 15.3 Å². The molecule has 4 amide bonds. The zero-order chi connectivity index (χ0) is 24.0. The first-order valence-corrected chi connectivity index (χ1v) is 12.3. The zero-order valence-electron chi connectivity index (χ0n) is 19.5. The Morgan fingerprint density at radius 1 is 1.15 bits per heavy atom. The van der Waals surface area contributed by atoms with Crippen LogP contribution in [-0.4, -0.2) is 56.6 Å². The standard InChI is InChI=1S/C25H33N3O6/c1-34-20-6-2-4-18(22(20)30)14-27-19(5-3-7-21(29)26-33)23(31)28(24(27)32)25-11-15-8-16(12-25)10-17(9-15)13-25/h2,4,6,15-17,19,30,33H,3,5,7-14H2,1H3,(H,26,29). The SMILES string of the molecule is COc1cccc(CN2C(=O)N(C34CC5CC(CC(C5)C3)C4)C(=O)C2CCCC(=O)NO)c1O. The average Bonchev–Trinajstić information content (AvgIpc) is 3.03. The van der Waals surface area contributed by atoms with Crippen molar-refractivity contribution in [3.63, 3.8) is 0 Å². The number of phenolic OH excluding ortho intramolecular Hbond substituents is 1. The highest BCUT2D eigenvalue weighted by atomic mass is 16.5. The van der Waals surface area contributed by atoms with E-state index in [0.717, 1.165) is 19.3 Å². The van der Waals surface area contributed by atoms with Gasteiger partial charge in [0.15, 0.2) is 11.5 Å². The normalized spacial score (nSPS) is 31.9. The number of urea groups is 1. The Bertz CT molecular complexity index is 960. The van der Waals surface area contributed by atoms with E-state index in [0.29, 0.717) is 41.9 Å². The number of imide groups is 1. The van der Waals surface area contributed by atoms with Gasteiger partial charge in [-0.2, -0.15) is 0 Å². The Morgan fingerprint density at radius 3 is 2.38 bits per heavy atom. The van der Waals surface area contributed by atoms with E-state index >= 15 is 0 Å². The number of nitrogens with zero attached hydrogens (tertiary/aromatic N) is 2. The van der Waals surface area contributed by atoms with Gasteiger partial charge in [-0.1, -0.05) is 12.1 Å². The largest absolute Gasteiger partial charge is 0.504 e. The molecule has 0 aromatic heterocycles. The van der Waals surface area contributed by atoms with Gasteiger partial charge in [-0.05, 0) is 75.2 Å². The molecular weight excluding hydrogens is 438 g/mol. The van der Waals surface area contributed by atoms with Crippen LogP contribution in [0.25, 0.3) is 0 Å². The van der Waals surface area contributed by atoms with E-state index in [2.05, 4.69) is 0 Å². The number of nitrogens with one attached hydrogen (secondary N) is 1. The predicted octanol–water partition coefficient (Wildman–Crippen LogP) is 3.18. The second kappa shape index (κ2) is 8.76. The molecule has 9 heteroatoms. The summed E-state index contributed by atoms with van der Waals surface area (Å²) in [5.41, 5.74) is 1.72. The molecule has 4 saturated carbocycles. The number of methoxy groups -OCH3 is 1. The van der Waals surface area contributed by atoms with Gasteiger partial charge >= 0.3 is 6.03 Å². The molecule has 9 nitrogen and oxygen atoms in total. The first kappa shape index (κ1) is 23.0. The van der Waals surface area contributed by atoms with Crippen molar-refractivity contribution in [3.8, 4) is 11.5 Å². The molecule has 4 aliphatic carbocycles. The summed E-state index contributed by atoms with van der Waals surface area (Å²) >= 11 is 0. The van der Waals surface area contributed by atoms with E-state index < -0.39 is 17.5 Å². The van der Waals surface area contributed by atoms with Gasteiger partial charge in [0.2, 0.25) is 5.91 Å². The third kappa shape index (κ3) is 3.79. The summed E-state index contributed by atoms with van der Waals surface area (Å²) in [6, 6.07) is 4.10. The number of hydroxylamine groups is 1. The number of ether oxygens (including phenoxy) is 1. The summed E-state index contributed by atoms with van der Waals surface area (Å²) in [4.78, 5) is 42.3. The van der Waals surface area contributed by atoms with E-state index in [1.807, 2.05) is 0 Å². The number of para-hydroxylation sites is 1. The number of rotatable bonds is 8. The minimum Gasteiger partial charge on any atom is -0.504 e. The van der Waals surface area contributed by atoms with Crippen LogP contribution in [0.4, 0.5) is 4.79 Å². The molecule has 1 aliphatic heterocycles. The lowest BCUT2D eigenvalue weighted by Crippen LogP contribution is -2.62. The van der Waals surface area contributed by atoms with Crippen molar-refractivity contribution >= 4 is 17.8 Å². The summed E-state index contributed by atoms with van der Waals surface area (Å²) in [7, 11) is 1.47. The van der Waals surface area contributed by atoms with Crippen LogP contribution < -0.4 is 10.2 Å². The second-order valence-electron chi connectivity index (χ2n) is 10.6. The molecule has 4 bridgehead atoms. The molecule has 3 N–H and O–H groups in total. The van der Waals surface area contributed by atoms with E-state index in [9.17, 15) is 19.5 Å². The summed E-state index contributed by atoms with van der Waals surface area (Å²) in [5, 5.41) is 19.4. The molecule has 1 heterocycles. The van der Waals surface area contributed by atoms with Crippen molar-refractivity contribution < 1.29 is 29.4 Å². The van der Waals surface area contributed by atoms with Crippen LogP contribution >= 0.6 is 0 Å². The minimum atomic E-state index is -0.711. The summed E-state index contributed by atoms with van der Waals surface area (Å²) in [5.74, 6) is 1.28. The van der Waals surface area contributed by atoms with Crippen LogP contribution in [-0.2, 0) is 16.1 Å². The van der Waals surface area contributed by atoms with Gasteiger partial charge in [0.25, 0.3) is 5.91 Å². The maximum Gasteiger partial charge on any atom is 0.328 e. The molecule has 5 fully saturated rings. The third-order valence-corrected chi connectivity index (χ3v) is 8.45. The monoisotopic (exact) mass is 471 g/mol. The molecule has 5 aliphatic rings. The Balaban J connectivity index is 1.44. The molecule has 0 spiro atoms. The van der Waals surface area contributed by atoms with Crippen LogP contribution in [0.1, 0.15) is 63.4 Å². The molecule has 1 unspecified atom stereocenters. The molecular formula is C25H33N3O6. The van der Waals surface area contributed by atoms with Crippen molar-refractivity contribution in [1.29, 1.82) is 0 Å². The van der Waals surface area contributed by atoms with Crippen LogP contribution in [0.5, 0.6) is 11.5 Å². The highest BCUT2D eigenvalue weighted by molar-refractivity contribution is 6.05. The van der Waals surface area contributed by atoms with Gasteiger partial charge in [0.05, 0.1) is 19.2 Å². The minimum absolute atomic E-state index is 0.0445. The summed E-state index contributed by atoms with van der Waals surface area (Å²) in [6.45, 7) is 0.0767. The van der Waals surface area contributed by atoms with Crippen molar-refractivity contribution in [2.75, 3.05) is 7.11 Å². The van der Waals surface area contributed by atoms with Gasteiger partial charge in [0.1, 0.15) is 6.04 Å². The van der Waals surface area contributed by atoms with E-state index in [-0.39, 0.29) is 30.7 Å². The van der Waals surface area contributed by atoms with Gasteiger partial charge in [-0.15, -0.1) is 0 Å². The van der Waals surface area contributed by atoms with Crippen LogP contribution in [0, 0.1) is 17.8 Å². The molecule has 1 atom stereocenters. The van der Waals surface area contributed by atoms with E-state index in [4.69, 9.17) is 9.94 Å². The lowest BCUT2D eigenvalue weighted by atomic mass is 9.52. The Morgan fingerprint density at radius 2 is 1.79 bits per heavy atom. The number of phenols is 1. The Kier molecular flexibility index (Phi) is 5.91. The second-order valence-corrected chi connectivity index (χ2v) is 10.6. The lowest BCUT2D eigenvalue weighted by Gasteiger charge is -2.58. The van der Waals surface area contributed by atoms with Crippen molar-refractivity contribution in [2.24, 2.45) is 17.8 Å². The molecule has 34 heavy (non-hydrogen) atoms. The topological polar surface area (TPSA) is 119 Å². The quantitative estimate of drug-likeness (QED) is 0.304. The van der Waals surface area contributed by atoms with E-state index in [1.165, 1.54) is 26.4 Å². The number of carbonyl (C=O) groups is 3. The van der Waals surface area contributed by atoms with Crippen molar-refractivity contribution in [3.05, 3.63) is 23.8 Å². The van der Waals surface area contributed by atoms with Crippen LogP contribution in [0.3, 0.4) is 0 Å². The van der Waals surface area contributed by atoms with Gasteiger partial charge in [0, 0.05) is 12.0 Å². The molecule has 0 radical (unpaired) electrons. The van der Waals surface area contributed by atoms with E-state index in [1.54, 1.807) is 33.5 Å². The Labute approximate surface area is 199 Å². The van der Waals surface area contributed by atoms with Gasteiger partial charge < -0.3 is 14.7 Å². The van der Waals surface area contributed by atoms with Crippen molar-refractivity contribution in [2.45, 2.75) is 75.9 Å². The molecule has 1 aromatic carbocycles. The van der Waals surface area contributed by atoms with Crippen LogP contribution in [0.2, 0.25) is 0 Å². The highest BCUT2D eigenvalue weighted by Gasteiger charge is 2.60. The molecule has 6 rings (SSSR count). The fourth-order valence-electron chi connectivity index (χ4n) is 7.43. The number of amides is 4. The summed E-state index contributed by atoms with van der Waals surface area (Å²) < 4.78 is 5.22. The average molecular weight is 472 g/mol. The maximum absolute atomic E-state index is 13.9. The highest BCUT2D eigenvalue weighted by Crippen LogP contribution is 2.58. The zero-order valence-corrected chi connectivity index (χ0v) is 19.5.